The fourth-order valence-corrected chi connectivity index (χ4v) is 2.82. The zero-order chi connectivity index (χ0) is 13.4. The van der Waals surface area contributed by atoms with Gasteiger partial charge in [0.25, 0.3) is 0 Å². The molecule has 0 saturated heterocycles. The van der Waals surface area contributed by atoms with Crippen molar-refractivity contribution >= 4 is 11.6 Å². The van der Waals surface area contributed by atoms with E-state index in [0.717, 1.165) is 41.9 Å². The number of hydrogen-bond donors (Lipinski definition) is 0. The van der Waals surface area contributed by atoms with Crippen molar-refractivity contribution in [2.45, 2.75) is 39.0 Å². The van der Waals surface area contributed by atoms with Gasteiger partial charge >= 0.3 is 0 Å². The molecule has 2 aromatic rings. The van der Waals surface area contributed by atoms with Crippen molar-refractivity contribution in [3.05, 3.63) is 46.2 Å². The van der Waals surface area contributed by atoms with Crippen molar-refractivity contribution < 1.29 is 0 Å². The summed E-state index contributed by atoms with van der Waals surface area (Å²) < 4.78 is 0. The molecule has 1 aliphatic carbocycles. The maximum Gasteiger partial charge on any atom is 0.161 e. The Morgan fingerprint density at radius 1 is 1.05 bits per heavy atom. The second-order valence-electron chi connectivity index (χ2n) is 5.39. The fraction of sp³-hybridized carbons (Fsp3) is 0.375. The van der Waals surface area contributed by atoms with Crippen LogP contribution in [-0.2, 0) is 12.8 Å². The minimum atomic E-state index is 0.540. The summed E-state index contributed by atoms with van der Waals surface area (Å²) in [5, 5.41) is 0.630. The van der Waals surface area contributed by atoms with Crippen LogP contribution < -0.4 is 0 Å². The summed E-state index contributed by atoms with van der Waals surface area (Å²) in [6, 6.07) is 8.46. The Morgan fingerprint density at radius 2 is 1.79 bits per heavy atom. The van der Waals surface area contributed by atoms with Gasteiger partial charge in [0.2, 0.25) is 0 Å². The number of fused-ring (bicyclic) bond motifs is 1. The Bertz CT molecular complexity index is 603. The third-order valence-corrected chi connectivity index (χ3v) is 4.03. The molecule has 0 amide bonds. The van der Waals surface area contributed by atoms with Crippen molar-refractivity contribution in [1.82, 2.24) is 9.97 Å². The first-order valence-corrected chi connectivity index (χ1v) is 7.18. The number of nitrogens with zero attached hydrogens (tertiary/aromatic N) is 2. The average Bonchev–Trinajstić information content (AvgIpc) is 2.87. The van der Waals surface area contributed by atoms with E-state index >= 15 is 0 Å². The van der Waals surface area contributed by atoms with Crippen LogP contribution in [0.3, 0.4) is 0 Å². The summed E-state index contributed by atoms with van der Waals surface area (Å²) in [6.07, 6.45) is 3.18. The van der Waals surface area contributed by atoms with Gasteiger partial charge in [-0.2, -0.15) is 0 Å². The van der Waals surface area contributed by atoms with Crippen LogP contribution >= 0.6 is 11.6 Å². The van der Waals surface area contributed by atoms with Crippen LogP contribution in [0.2, 0.25) is 5.15 Å². The van der Waals surface area contributed by atoms with Crippen LogP contribution in [0.15, 0.2) is 24.3 Å². The highest BCUT2D eigenvalue weighted by atomic mass is 35.5. The fourth-order valence-electron chi connectivity index (χ4n) is 2.53. The van der Waals surface area contributed by atoms with Gasteiger partial charge in [0.05, 0.1) is 0 Å². The molecule has 1 heterocycles. The average molecular weight is 273 g/mol. The number of aryl methyl sites for hydroxylation is 1. The van der Waals surface area contributed by atoms with Gasteiger partial charge in [-0.25, -0.2) is 9.97 Å². The van der Waals surface area contributed by atoms with Crippen LogP contribution in [0.4, 0.5) is 0 Å². The third-order valence-electron chi connectivity index (χ3n) is 3.72. The maximum absolute atomic E-state index is 6.26. The molecule has 0 aliphatic heterocycles. The lowest BCUT2D eigenvalue weighted by molar-refractivity contribution is 0.866. The van der Waals surface area contributed by atoms with Crippen LogP contribution in [0.1, 0.15) is 43.0 Å². The Kier molecular flexibility index (Phi) is 3.28. The molecule has 19 heavy (non-hydrogen) atoms. The SMILES string of the molecule is CC(C)c1ccc(-c2nc(Cl)c3c(n2)CCC3)cc1. The van der Waals surface area contributed by atoms with Gasteiger partial charge in [0.15, 0.2) is 5.82 Å². The highest BCUT2D eigenvalue weighted by Crippen LogP contribution is 2.29. The van der Waals surface area contributed by atoms with Crippen molar-refractivity contribution in [3.8, 4) is 11.4 Å². The number of halogens is 1. The van der Waals surface area contributed by atoms with E-state index in [-0.39, 0.29) is 0 Å². The standard InChI is InChI=1S/C16H17ClN2/c1-10(2)11-6-8-12(9-7-11)16-18-14-5-3-4-13(14)15(17)19-16/h6-10H,3-5H2,1-2H3. The summed E-state index contributed by atoms with van der Waals surface area (Å²) in [6.45, 7) is 4.38. The van der Waals surface area contributed by atoms with Gasteiger partial charge in [0, 0.05) is 16.8 Å². The number of aromatic nitrogens is 2. The summed E-state index contributed by atoms with van der Waals surface area (Å²) in [5.74, 6) is 1.29. The minimum absolute atomic E-state index is 0.540. The highest BCUT2D eigenvalue weighted by molar-refractivity contribution is 6.30. The first kappa shape index (κ1) is 12.6. The minimum Gasteiger partial charge on any atom is -0.233 e. The van der Waals surface area contributed by atoms with E-state index in [1.807, 2.05) is 0 Å². The molecule has 3 rings (SSSR count). The smallest absolute Gasteiger partial charge is 0.161 e. The van der Waals surface area contributed by atoms with Gasteiger partial charge in [-0.3, -0.25) is 0 Å². The molecule has 1 aliphatic rings. The first-order chi connectivity index (χ1) is 9.15. The van der Waals surface area contributed by atoms with Crippen molar-refractivity contribution in [3.63, 3.8) is 0 Å². The summed E-state index contributed by atoms with van der Waals surface area (Å²) >= 11 is 6.26. The summed E-state index contributed by atoms with van der Waals surface area (Å²) in [4.78, 5) is 9.11. The van der Waals surface area contributed by atoms with E-state index in [0.29, 0.717) is 11.1 Å². The summed E-state index contributed by atoms with van der Waals surface area (Å²) in [5.41, 5.74) is 4.64. The molecule has 98 valence electrons. The molecule has 2 nitrogen and oxygen atoms in total. The first-order valence-electron chi connectivity index (χ1n) is 6.81. The maximum atomic E-state index is 6.26. The predicted octanol–water partition coefficient (Wildman–Crippen LogP) is 4.41. The van der Waals surface area contributed by atoms with Crippen LogP contribution in [0.25, 0.3) is 11.4 Å². The van der Waals surface area contributed by atoms with E-state index < -0.39 is 0 Å². The lowest BCUT2D eigenvalue weighted by atomic mass is 10.0. The van der Waals surface area contributed by atoms with Crippen LogP contribution in [0, 0.1) is 0 Å². The molecule has 0 atom stereocenters. The molecule has 0 N–H and O–H groups in total. The van der Waals surface area contributed by atoms with Gasteiger partial charge < -0.3 is 0 Å². The number of rotatable bonds is 2. The second kappa shape index (κ2) is 4.93. The van der Waals surface area contributed by atoms with Crippen molar-refractivity contribution in [2.24, 2.45) is 0 Å². The molecule has 1 aromatic heterocycles. The third kappa shape index (κ3) is 2.37. The zero-order valence-electron chi connectivity index (χ0n) is 11.3. The number of benzene rings is 1. The molecule has 0 radical (unpaired) electrons. The lowest BCUT2D eigenvalue weighted by Gasteiger charge is -2.08. The number of hydrogen-bond acceptors (Lipinski definition) is 2. The van der Waals surface area contributed by atoms with E-state index in [9.17, 15) is 0 Å². The van der Waals surface area contributed by atoms with Gasteiger partial charge in [-0.1, -0.05) is 49.7 Å². The highest BCUT2D eigenvalue weighted by Gasteiger charge is 2.18. The molecular formula is C16H17ClN2. The zero-order valence-corrected chi connectivity index (χ0v) is 12.0. The van der Waals surface area contributed by atoms with E-state index in [1.165, 1.54) is 5.56 Å². The van der Waals surface area contributed by atoms with Crippen LogP contribution in [-0.4, -0.2) is 9.97 Å². The van der Waals surface area contributed by atoms with Gasteiger partial charge in [-0.15, -0.1) is 0 Å². The Balaban J connectivity index is 2.00. The normalized spacial score (nSPS) is 13.9. The van der Waals surface area contributed by atoms with E-state index in [4.69, 9.17) is 11.6 Å². The largest absolute Gasteiger partial charge is 0.233 e. The van der Waals surface area contributed by atoms with Crippen LogP contribution in [0.5, 0.6) is 0 Å². The van der Waals surface area contributed by atoms with Gasteiger partial charge in [0.1, 0.15) is 5.15 Å². The topological polar surface area (TPSA) is 25.8 Å². The second-order valence-corrected chi connectivity index (χ2v) is 5.75. The summed E-state index contributed by atoms with van der Waals surface area (Å²) in [7, 11) is 0. The quantitative estimate of drug-likeness (QED) is 0.757. The monoisotopic (exact) mass is 272 g/mol. The molecular weight excluding hydrogens is 256 g/mol. The van der Waals surface area contributed by atoms with Crippen molar-refractivity contribution in [1.29, 1.82) is 0 Å². The Hall–Kier alpha value is -1.41. The lowest BCUT2D eigenvalue weighted by Crippen LogP contribution is -1.97. The van der Waals surface area contributed by atoms with Gasteiger partial charge in [-0.05, 0) is 30.7 Å². The molecule has 0 saturated carbocycles. The molecule has 0 bridgehead atoms. The molecule has 0 unspecified atom stereocenters. The van der Waals surface area contributed by atoms with E-state index in [2.05, 4.69) is 48.1 Å². The van der Waals surface area contributed by atoms with Crippen molar-refractivity contribution in [2.75, 3.05) is 0 Å². The molecule has 0 spiro atoms. The Morgan fingerprint density at radius 3 is 2.47 bits per heavy atom. The molecule has 0 fully saturated rings. The van der Waals surface area contributed by atoms with E-state index in [1.54, 1.807) is 0 Å². The predicted molar refractivity (Wildman–Crippen MR) is 78.6 cm³/mol. The molecule has 1 aromatic carbocycles. The molecule has 3 heteroatoms. The Labute approximate surface area is 118 Å².